The summed E-state index contributed by atoms with van der Waals surface area (Å²) in [4.78, 5) is 14.6. The van der Waals surface area contributed by atoms with Crippen molar-refractivity contribution in [1.82, 2.24) is 4.90 Å². The Morgan fingerprint density at radius 3 is 2.72 bits per heavy atom. The van der Waals surface area contributed by atoms with Gasteiger partial charge in [-0.05, 0) is 55.4 Å². The van der Waals surface area contributed by atoms with Crippen molar-refractivity contribution in [2.24, 2.45) is 0 Å². The fourth-order valence-corrected chi connectivity index (χ4v) is 3.76. The maximum absolute atomic E-state index is 12.7. The van der Waals surface area contributed by atoms with Crippen LogP contribution in [-0.4, -0.2) is 49.5 Å². The summed E-state index contributed by atoms with van der Waals surface area (Å²) in [6.07, 6.45) is 2.78. The van der Waals surface area contributed by atoms with Crippen LogP contribution in [0.3, 0.4) is 0 Å². The van der Waals surface area contributed by atoms with E-state index in [-0.39, 0.29) is 24.8 Å². The smallest absolute Gasteiger partial charge is 0.260 e. The summed E-state index contributed by atoms with van der Waals surface area (Å²) < 4.78 is 17.0. The van der Waals surface area contributed by atoms with E-state index in [1.54, 1.807) is 0 Å². The zero-order valence-corrected chi connectivity index (χ0v) is 15.5. The number of piperidine rings is 1. The Labute approximate surface area is 150 Å². The van der Waals surface area contributed by atoms with Crippen molar-refractivity contribution in [2.75, 3.05) is 26.4 Å². The molecule has 1 amide bonds. The van der Waals surface area contributed by atoms with E-state index in [0.717, 1.165) is 31.6 Å². The van der Waals surface area contributed by atoms with Crippen LogP contribution in [0.2, 0.25) is 0 Å². The van der Waals surface area contributed by atoms with Gasteiger partial charge in [-0.2, -0.15) is 0 Å². The number of ether oxygens (including phenoxy) is 3. The predicted octanol–water partition coefficient (Wildman–Crippen LogP) is 3.25. The number of carbonyl (C=O) groups is 1. The molecular formula is C20H29NO4. The fraction of sp³-hybridized carbons (Fsp3) is 0.650. The molecule has 0 bridgehead atoms. The van der Waals surface area contributed by atoms with Gasteiger partial charge in [-0.3, -0.25) is 4.79 Å². The summed E-state index contributed by atoms with van der Waals surface area (Å²) in [7, 11) is 0. The molecule has 0 N–H and O–H groups in total. The minimum atomic E-state index is -0.281. The van der Waals surface area contributed by atoms with Gasteiger partial charge in [0.1, 0.15) is 5.75 Å². The molecule has 2 saturated heterocycles. The minimum absolute atomic E-state index is 0.00869. The van der Waals surface area contributed by atoms with Crippen molar-refractivity contribution in [3.63, 3.8) is 0 Å². The van der Waals surface area contributed by atoms with Crippen LogP contribution < -0.4 is 4.74 Å². The first-order valence-electron chi connectivity index (χ1n) is 9.32. The molecule has 1 aromatic rings. The third-order valence-electron chi connectivity index (χ3n) is 5.06. The maximum Gasteiger partial charge on any atom is 0.260 e. The van der Waals surface area contributed by atoms with Crippen molar-refractivity contribution in [3.05, 3.63) is 29.3 Å². The topological polar surface area (TPSA) is 48.0 Å². The van der Waals surface area contributed by atoms with Crippen LogP contribution in [-0.2, 0) is 14.3 Å². The van der Waals surface area contributed by atoms with Gasteiger partial charge in [0.2, 0.25) is 0 Å². The van der Waals surface area contributed by atoms with E-state index < -0.39 is 0 Å². The van der Waals surface area contributed by atoms with Gasteiger partial charge < -0.3 is 19.1 Å². The molecule has 3 rings (SSSR count). The lowest BCUT2D eigenvalue weighted by molar-refractivity contribution is -0.152. The van der Waals surface area contributed by atoms with E-state index in [1.165, 1.54) is 11.1 Å². The number of benzene rings is 1. The zero-order chi connectivity index (χ0) is 17.8. The summed E-state index contributed by atoms with van der Waals surface area (Å²) in [6.45, 7) is 8.47. The Hall–Kier alpha value is -1.59. The van der Waals surface area contributed by atoms with Crippen molar-refractivity contribution in [3.8, 4) is 5.75 Å². The van der Waals surface area contributed by atoms with E-state index in [4.69, 9.17) is 14.2 Å². The molecule has 25 heavy (non-hydrogen) atoms. The van der Waals surface area contributed by atoms with Crippen LogP contribution in [0.4, 0.5) is 0 Å². The fourth-order valence-electron chi connectivity index (χ4n) is 3.76. The SMILES string of the molecule is Cc1cc(OCC(=O)N2CCCCC2C2OCCO2)ccc1C(C)C. The lowest BCUT2D eigenvalue weighted by atomic mass is 9.98. The van der Waals surface area contributed by atoms with E-state index in [1.807, 2.05) is 17.0 Å². The third kappa shape index (κ3) is 4.33. The molecule has 1 aromatic carbocycles. The Balaban J connectivity index is 1.60. The number of hydrogen-bond acceptors (Lipinski definition) is 4. The van der Waals surface area contributed by atoms with Gasteiger partial charge in [0.05, 0.1) is 19.3 Å². The van der Waals surface area contributed by atoms with Crippen LogP contribution in [0, 0.1) is 6.92 Å². The Morgan fingerprint density at radius 2 is 2.04 bits per heavy atom. The largest absolute Gasteiger partial charge is 0.484 e. The van der Waals surface area contributed by atoms with E-state index in [9.17, 15) is 4.79 Å². The Morgan fingerprint density at radius 1 is 1.28 bits per heavy atom. The normalized spacial score (nSPS) is 21.8. The number of rotatable bonds is 5. The number of aryl methyl sites for hydroxylation is 1. The van der Waals surface area contributed by atoms with Gasteiger partial charge in [0.15, 0.2) is 12.9 Å². The molecule has 0 radical (unpaired) electrons. The molecule has 0 aliphatic carbocycles. The maximum atomic E-state index is 12.7. The second-order valence-electron chi connectivity index (χ2n) is 7.22. The van der Waals surface area contributed by atoms with Gasteiger partial charge in [0, 0.05) is 6.54 Å². The quantitative estimate of drug-likeness (QED) is 0.820. The molecule has 138 valence electrons. The highest BCUT2D eigenvalue weighted by Crippen LogP contribution is 2.26. The molecule has 0 spiro atoms. The molecule has 2 heterocycles. The Kier molecular flexibility index (Phi) is 5.97. The number of hydrogen-bond donors (Lipinski definition) is 0. The van der Waals surface area contributed by atoms with Gasteiger partial charge in [-0.25, -0.2) is 0 Å². The summed E-state index contributed by atoms with van der Waals surface area (Å²) in [6, 6.07) is 6.06. The van der Waals surface area contributed by atoms with Crippen molar-refractivity contribution >= 4 is 5.91 Å². The average molecular weight is 347 g/mol. The summed E-state index contributed by atoms with van der Waals surface area (Å²) in [5.41, 5.74) is 2.51. The number of likely N-dealkylation sites (tertiary alicyclic amines) is 1. The molecular weight excluding hydrogens is 318 g/mol. The first-order valence-corrected chi connectivity index (χ1v) is 9.32. The molecule has 0 aromatic heterocycles. The van der Waals surface area contributed by atoms with Crippen LogP contribution in [0.25, 0.3) is 0 Å². The molecule has 0 saturated carbocycles. The lowest BCUT2D eigenvalue weighted by Crippen LogP contribution is -2.51. The first-order chi connectivity index (χ1) is 12.1. The van der Waals surface area contributed by atoms with Crippen LogP contribution in [0.1, 0.15) is 50.2 Å². The second-order valence-corrected chi connectivity index (χ2v) is 7.22. The van der Waals surface area contributed by atoms with E-state index in [0.29, 0.717) is 19.1 Å². The first kappa shape index (κ1) is 18.2. The summed E-state index contributed by atoms with van der Waals surface area (Å²) >= 11 is 0. The molecule has 2 fully saturated rings. The van der Waals surface area contributed by atoms with Crippen molar-refractivity contribution in [2.45, 2.75) is 58.3 Å². The highest BCUT2D eigenvalue weighted by molar-refractivity contribution is 5.78. The number of carbonyl (C=O) groups excluding carboxylic acids is 1. The Bertz CT molecular complexity index is 595. The molecule has 2 aliphatic heterocycles. The molecule has 1 atom stereocenters. The third-order valence-corrected chi connectivity index (χ3v) is 5.06. The van der Waals surface area contributed by atoms with Gasteiger partial charge in [-0.1, -0.05) is 19.9 Å². The minimum Gasteiger partial charge on any atom is -0.484 e. The average Bonchev–Trinajstić information content (AvgIpc) is 3.14. The molecule has 1 unspecified atom stereocenters. The van der Waals surface area contributed by atoms with Crippen LogP contribution in [0.5, 0.6) is 5.75 Å². The molecule has 5 nitrogen and oxygen atoms in total. The van der Waals surface area contributed by atoms with Crippen LogP contribution in [0.15, 0.2) is 18.2 Å². The number of nitrogens with zero attached hydrogens (tertiary/aromatic N) is 1. The highest BCUT2D eigenvalue weighted by Gasteiger charge is 2.36. The predicted molar refractivity (Wildman–Crippen MR) is 95.8 cm³/mol. The van der Waals surface area contributed by atoms with Gasteiger partial charge >= 0.3 is 0 Å². The second kappa shape index (κ2) is 8.19. The molecule has 2 aliphatic rings. The van der Waals surface area contributed by atoms with Crippen molar-refractivity contribution in [1.29, 1.82) is 0 Å². The summed E-state index contributed by atoms with van der Waals surface area (Å²) in [5, 5.41) is 0. The van der Waals surface area contributed by atoms with E-state index >= 15 is 0 Å². The molecule has 5 heteroatoms. The van der Waals surface area contributed by atoms with Crippen molar-refractivity contribution < 1.29 is 19.0 Å². The van der Waals surface area contributed by atoms with Gasteiger partial charge in [0.25, 0.3) is 5.91 Å². The monoisotopic (exact) mass is 347 g/mol. The highest BCUT2D eigenvalue weighted by atomic mass is 16.7. The zero-order valence-electron chi connectivity index (χ0n) is 15.5. The number of amides is 1. The van der Waals surface area contributed by atoms with Crippen LogP contribution >= 0.6 is 0 Å². The lowest BCUT2D eigenvalue weighted by Gasteiger charge is -2.37. The standard InChI is InChI=1S/C20H29NO4/c1-14(2)17-8-7-16(12-15(17)3)25-13-19(22)21-9-5-4-6-18(21)20-23-10-11-24-20/h7-8,12,14,18,20H,4-6,9-11,13H2,1-3H3. The van der Waals surface area contributed by atoms with Gasteiger partial charge in [-0.15, -0.1) is 0 Å². The van der Waals surface area contributed by atoms with E-state index in [2.05, 4.69) is 26.8 Å². The summed E-state index contributed by atoms with van der Waals surface area (Å²) in [5.74, 6) is 1.24.